The van der Waals surface area contributed by atoms with Gasteiger partial charge in [-0.1, -0.05) is 18.2 Å². The normalized spacial score (nSPS) is 17.9. The zero-order valence-electron chi connectivity index (χ0n) is 15.6. The molecule has 2 aliphatic rings. The predicted molar refractivity (Wildman–Crippen MR) is 117 cm³/mol. The smallest absolute Gasteiger partial charge is 0.244 e. The number of guanidine groups is 1. The fourth-order valence-electron chi connectivity index (χ4n) is 3.45. The lowest BCUT2D eigenvalue weighted by molar-refractivity contribution is -0.129. The van der Waals surface area contributed by atoms with Crippen molar-refractivity contribution < 1.29 is 4.79 Å². The number of nitrogens with one attached hydrogen (secondary N) is 1. The van der Waals surface area contributed by atoms with Crippen LogP contribution >= 0.6 is 24.0 Å². The summed E-state index contributed by atoms with van der Waals surface area (Å²) in [4.78, 5) is 23.6. The molecule has 1 aromatic rings. The van der Waals surface area contributed by atoms with Gasteiger partial charge in [-0.2, -0.15) is 0 Å². The van der Waals surface area contributed by atoms with Gasteiger partial charge in [0.2, 0.25) is 5.91 Å². The molecule has 144 valence electrons. The quantitative estimate of drug-likeness (QED) is 0.415. The average molecular weight is 471 g/mol. The van der Waals surface area contributed by atoms with E-state index in [1.165, 1.54) is 18.5 Å². The Labute approximate surface area is 173 Å². The van der Waals surface area contributed by atoms with Crippen molar-refractivity contribution in [3.63, 3.8) is 0 Å². The highest BCUT2D eigenvalue weighted by molar-refractivity contribution is 14.0. The molecule has 0 unspecified atom stereocenters. The van der Waals surface area contributed by atoms with E-state index >= 15 is 0 Å². The number of anilines is 1. The maximum atomic E-state index is 12.5. The summed E-state index contributed by atoms with van der Waals surface area (Å²) in [6.45, 7) is 8.51. The Hall–Kier alpha value is -1.51. The monoisotopic (exact) mass is 471 g/mol. The molecule has 0 spiro atoms. The van der Waals surface area contributed by atoms with E-state index < -0.39 is 0 Å². The molecule has 0 bridgehead atoms. The Morgan fingerprint density at radius 3 is 2.27 bits per heavy atom. The van der Waals surface area contributed by atoms with Crippen LogP contribution in [0.1, 0.15) is 19.8 Å². The van der Waals surface area contributed by atoms with E-state index in [-0.39, 0.29) is 36.4 Å². The van der Waals surface area contributed by atoms with Crippen molar-refractivity contribution in [2.75, 3.05) is 57.3 Å². The molecule has 26 heavy (non-hydrogen) atoms. The van der Waals surface area contributed by atoms with E-state index in [9.17, 15) is 4.79 Å². The second-order valence-corrected chi connectivity index (χ2v) is 6.57. The Balaban J connectivity index is 0.00000243. The number of nitrogens with zero attached hydrogens (tertiary/aromatic N) is 4. The van der Waals surface area contributed by atoms with Gasteiger partial charge in [-0.05, 0) is 31.9 Å². The highest BCUT2D eigenvalue weighted by Crippen LogP contribution is 2.15. The predicted octanol–water partition coefficient (Wildman–Crippen LogP) is 2.01. The lowest BCUT2D eigenvalue weighted by Gasteiger charge is -2.36. The van der Waals surface area contributed by atoms with E-state index in [4.69, 9.17) is 0 Å². The van der Waals surface area contributed by atoms with Gasteiger partial charge in [0.15, 0.2) is 5.96 Å². The van der Waals surface area contributed by atoms with Crippen LogP contribution in [-0.2, 0) is 4.79 Å². The van der Waals surface area contributed by atoms with Crippen LogP contribution in [0, 0.1) is 0 Å². The van der Waals surface area contributed by atoms with Crippen molar-refractivity contribution in [1.82, 2.24) is 15.1 Å². The third-order valence-corrected chi connectivity index (χ3v) is 4.86. The highest BCUT2D eigenvalue weighted by atomic mass is 127. The molecule has 1 aromatic carbocycles. The number of hydrogen-bond acceptors (Lipinski definition) is 3. The molecular formula is C19H30IN5O. The summed E-state index contributed by atoms with van der Waals surface area (Å²) in [5, 5.41) is 3.31. The van der Waals surface area contributed by atoms with Crippen LogP contribution in [0.25, 0.3) is 0 Å². The van der Waals surface area contributed by atoms with E-state index in [2.05, 4.69) is 51.3 Å². The SMILES string of the molecule is CCNC(=NCC(=O)N1CCN(c2ccccc2)CC1)N1CCCC1.I. The van der Waals surface area contributed by atoms with Gasteiger partial charge in [-0.3, -0.25) is 4.79 Å². The summed E-state index contributed by atoms with van der Waals surface area (Å²) >= 11 is 0. The molecule has 3 rings (SSSR count). The number of carbonyl (C=O) groups is 1. The molecule has 0 radical (unpaired) electrons. The second kappa shape index (κ2) is 10.6. The first-order valence-electron chi connectivity index (χ1n) is 9.39. The molecule has 0 saturated carbocycles. The van der Waals surface area contributed by atoms with Crippen LogP contribution in [0.15, 0.2) is 35.3 Å². The maximum absolute atomic E-state index is 12.5. The van der Waals surface area contributed by atoms with Crippen molar-refractivity contribution in [3.05, 3.63) is 30.3 Å². The zero-order chi connectivity index (χ0) is 17.5. The summed E-state index contributed by atoms with van der Waals surface area (Å²) in [6, 6.07) is 10.4. The van der Waals surface area contributed by atoms with Crippen molar-refractivity contribution in [2.45, 2.75) is 19.8 Å². The number of piperazine rings is 1. The standard InChI is InChI=1S/C19H29N5O.HI/c1-2-20-19(24-10-6-7-11-24)21-16-18(25)23-14-12-22(13-15-23)17-8-4-3-5-9-17;/h3-5,8-9H,2,6-7,10-16H2,1H3,(H,20,21);1H. The van der Waals surface area contributed by atoms with Gasteiger partial charge in [0.25, 0.3) is 0 Å². The number of rotatable bonds is 4. The third kappa shape index (κ3) is 5.49. The Kier molecular flexibility index (Phi) is 8.47. The first kappa shape index (κ1) is 20.8. The molecule has 2 saturated heterocycles. The van der Waals surface area contributed by atoms with E-state index in [0.717, 1.165) is 51.8 Å². The number of likely N-dealkylation sites (tertiary alicyclic amines) is 1. The molecule has 1 amide bonds. The molecule has 2 heterocycles. The van der Waals surface area contributed by atoms with Gasteiger partial charge in [-0.15, -0.1) is 24.0 Å². The van der Waals surface area contributed by atoms with Crippen LogP contribution in [0.5, 0.6) is 0 Å². The van der Waals surface area contributed by atoms with Crippen molar-refractivity contribution in [2.24, 2.45) is 4.99 Å². The molecular weight excluding hydrogens is 441 g/mol. The average Bonchev–Trinajstić information content (AvgIpc) is 3.20. The van der Waals surface area contributed by atoms with Crippen molar-refractivity contribution in [3.8, 4) is 0 Å². The molecule has 2 fully saturated rings. The van der Waals surface area contributed by atoms with Gasteiger partial charge >= 0.3 is 0 Å². The molecule has 0 aromatic heterocycles. The summed E-state index contributed by atoms with van der Waals surface area (Å²) in [5.74, 6) is 1.01. The molecule has 1 N–H and O–H groups in total. The van der Waals surface area contributed by atoms with Crippen molar-refractivity contribution in [1.29, 1.82) is 0 Å². The minimum absolute atomic E-state index is 0. The van der Waals surface area contributed by atoms with Gasteiger partial charge in [0, 0.05) is 51.5 Å². The number of aliphatic imine (C=N–C) groups is 1. The number of halogens is 1. The number of hydrogen-bond donors (Lipinski definition) is 1. The highest BCUT2D eigenvalue weighted by Gasteiger charge is 2.22. The summed E-state index contributed by atoms with van der Waals surface area (Å²) in [5.41, 5.74) is 1.23. The van der Waals surface area contributed by atoms with Crippen LogP contribution in [0.2, 0.25) is 0 Å². The summed E-state index contributed by atoms with van der Waals surface area (Å²) < 4.78 is 0. The molecule has 6 nitrogen and oxygen atoms in total. The fourth-order valence-corrected chi connectivity index (χ4v) is 3.45. The van der Waals surface area contributed by atoms with Crippen LogP contribution < -0.4 is 10.2 Å². The van der Waals surface area contributed by atoms with Gasteiger partial charge in [0.05, 0.1) is 0 Å². The van der Waals surface area contributed by atoms with E-state index in [0.29, 0.717) is 0 Å². The summed E-state index contributed by atoms with van der Waals surface area (Å²) in [6.07, 6.45) is 2.42. The molecule has 0 atom stereocenters. The number of benzene rings is 1. The van der Waals surface area contributed by atoms with Crippen LogP contribution in [0.3, 0.4) is 0 Å². The fraction of sp³-hybridized carbons (Fsp3) is 0.579. The van der Waals surface area contributed by atoms with Gasteiger partial charge < -0.3 is 20.0 Å². The van der Waals surface area contributed by atoms with Gasteiger partial charge in [0.1, 0.15) is 6.54 Å². The number of amides is 1. The van der Waals surface area contributed by atoms with E-state index in [1.807, 2.05) is 11.0 Å². The van der Waals surface area contributed by atoms with Gasteiger partial charge in [-0.25, -0.2) is 4.99 Å². The Morgan fingerprint density at radius 2 is 1.65 bits per heavy atom. The third-order valence-electron chi connectivity index (χ3n) is 4.86. The molecule has 0 aliphatic carbocycles. The summed E-state index contributed by atoms with van der Waals surface area (Å²) in [7, 11) is 0. The minimum atomic E-state index is 0. The lowest BCUT2D eigenvalue weighted by Crippen LogP contribution is -2.49. The maximum Gasteiger partial charge on any atom is 0.244 e. The number of para-hydroxylation sites is 1. The Morgan fingerprint density at radius 1 is 1.00 bits per heavy atom. The first-order chi connectivity index (χ1) is 12.3. The van der Waals surface area contributed by atoms with Crippen LogP contribution in [0.4, 0.5) is 5.69 Å². The van der Waals surface area contributed by atoms with E-state index in [1.54, 1.807) is 0 Å². The lowest BCUT2D eigenvalue weighted by atomic mass is 10.2. The van der Waals surface area contributed by atoms with Crippen LogP contribution in [-0.4, -0.2) is 74.0 Å². The number of carbonyl (C=O) groups excluding carboxylic acids is 1. The molecule has 7 heteroatoms. The first-order valence-corrected chi connectivity index (χ1v) is 9.39. The second-order valence-electron chi connectivity index (χ2n) is 6.57. The van der Waals surface area contributed by atoms with Crippen molar-refractivity contribution >= 4 is 41.5 Å². The molecule has 2 aliphatic heterocycles. The minimum Gasteiger partial charge on any atom is -0.368 e. The topological polar surface area (TPSA) is 51.2 Å². The zero-order valence-corrected chi connectivity index (χ0v) is 17.9. The Bertz CT molecular complexity index is 581. The largest absolute Gasteiger partial charge is 0.368 e.